The molecule has 2 rings (SSSR count). The van der Waals surface area contributed by atoms with E-state index >= 15 is 0 Å². The summed E-state index contributed by atoms with van der Waals surface area (Å²) >= 11 is 0. The van der Waals surface area contributed by atoms with E-state index in [1.54, 1.807) is 0 Å². The second kappa shape index (κ2) is 7.09. The van der Waals surface area contributed by atoms with Gasteiger partial charge in [-0.2, -0.15) is 0 Å². The van der Waals surface area contributed by atoms with Gasteiger partial charge in [0.25, 0.3) is 0 Å². The maximum Gasteiger partial charge on any atom is 0.319 e. The maximum atomic E-state index is 13.1. The van der Waals surface area contributed by atoms with Crippen LogP contribution in [0.1, 0.15) is 19.3 Å². The summed E-state index contributed by atoms with van der Waals surface area (Å²) in [6.07, 6.45) is -1.66. The van der Waals surface area contributed by atoms with Crippen molar-refractivity contribution in [3.63, 3.8) is 0 Å². The molecule has 0 heterocycles. The van der Waals surface area contributed by atoms with E-state index in [1.165, 1.54) is 0 Å². The van der Waals surface area contributed by atoms with Crippen LogP contribution >= 0.6 is 0 Å². The van der Waals surface area contributed by atoms with Crippen molar-refractivity contribution in [2.24, 2.45) is 22.7 Å². The van der Waals surface area contributed by atoms with Crippen LogP contribution in [-0.2, 0) is 47.7 Å². The highest BCUT2D eigenvalue weighted by Gasteiger charge is 2.71. The summed E-state index contributed by atoms with van der Waals surface area (Å²) in [6, 6.07) is 0. The molecular weight excluding hydrogens is 364 g/mol. The first-order chi connectivity index (χ1) is 12.6. The second-order valence-corrected chi connectivity index (χ2v) is 6.61. The summed E-state index contributed by atoms with van der Waals surface area (Å²) < 4.78 is 18.7. The predicted octanol–water partition coefficient (Wildman–Crippen LogP) is -0.781. The Morgan fingerprint density at radius 2 is 1.04 bits per heavy atom. The van der Waals surface area contributed by atoms with E-state index in [0.29, 0.717) is 0 Å². The lowest BCUT2D eigenvalue weighted by Crippen LogP contribution is -2.65. The number of ether oxygens (including phenoxy) is 4. The molecule has 10 heteroatoms. The summed E-state index contributed by atoms with van der Waals surface area (Å²) in [4.78, 5) is 75.5. The molecule has 148 valence electrons. The molecule has 0 aromatic heterocycles. The van der Waals surface area contributed by atoms with Crippen LogP contribution in [0.15, 0.2) is 0 Å². The zero-order valence-electron chi connectivity index (χ0n) is 15.4. The van der Waals surface area contributed by atoms with Crippen LogP contribution in [0.3, 0.4) is 0 Å². The zero-order valence-corrected chi connectivity index (χ0v) is 15.4. The quantitative estimate of drug-likeness (QED) is 0.344. The first-order valence-electron chi connectivity index (χ1n) is 8.06. The van der Waals surface area contributed by atoms with Crippen molar-refractivity contribution in [3.8, 4) is 0 Å². The molecule has 0 spiro atoms. The molecule has 2 aliphatic carbocycles. The van der Waals surface area contributed by atoms with E-state index in [2.05, 4.69) is 9.47 Å². The highest BCUT2D eigenvalue weighted by Crippen LogP contribution is 2.57. The van der Waals surface area contributed by atoms with Crippen LogP contribution in [0.25, 0.3) is 0 Å². The largest absolute Gasteiger partial charge is 0.468 e. The van der Waals surface area contributed by atoms with Gasteiger partial charge in [0.05, 0.1) is 28.4 Å². The molecule has 2 saturated carbocycles. The fourth-order valence-corrected chi connectivity index (χ4v) is 4.15. The minimum absolute atomic E-state index is 0.544. The number of fused-ring (bicyclic) bond motifs is 2. The van der Waals surface area contributed by atoms with Crippen LogP contribution in [0.5, 0.6) is 0 Å². The normalized spacial score (nSPS) is 32.3. The number of carbonyl (C=O) groups excluding carboxylic acids is 6. The van der Waals surface area contributed by atoms with Gasteiger partial charge in [-0.05, 0) is 19.3 Å². The smallest absolute Gasteiger partial charge is 0.319 e. The average molecular weight is 384 g/mol. The highest BCUT2D eigenvalue weighted by atomic mass is 16.5. The number of rotatable bonds is 4. The Labute approximate surface area is 154 Å². The van der Waals surface area contributed by atoms with E-state index < -0.39 is 77.4 Å². The lowest BCUT2D eigenvalue weighted by molar-refractivity contribution is -0.188. The average Bonchev–Trinajstić information content (AvgIpc) is 2.69. The molecule has 2 bridgehead atoms. The van der Waals surface area contributed by atoms with E-state index in [9.17, 15) is 28.8 Å². The van der Waals surface area contributed by atoms with Crippen molar-refractivity contribution in [1.82, 2.24) is 0 Å². The number of carbonyl (C=O) groups is 6. The maximum absolute atomic E-state index is 13.1. The minimum Gasteiger partial charge on any atom is -0.468 e. The van der Waals surface area contributed by atoms with Crippen LogP contribution in [0.2, 0.25) is 0 Å². The predicted molar refractivity (Wildman–Crippen MR) is 83.8 cm³/mol. The molecule has 0 radical (unpaired) electrons. The molecule has 0 aromatic rings. The molecule has 2 aliphatic rings. The molecule has 0 unspecified atom stereocenters. The van der Waals surface area contributed by atoms with Gasteiger partial charge in [-0.3, -0.25) is 28.8 Å². The van der Waals surface area contributed by atoms with Crippen molar-refractivity contribution in [2.45, 2.75) is 19.3 Å². The third-order valence-electron chi connectivity index (χ3n) is 5.41. The Kier molecular flexibility index (Phi) is 5.39. The summed E-state index contributed by atoms with van der Waals surface area (Å²) in [7, 11) is 4.12. The molecule has 0 aromatic carbocycles. The SMILES string of the molecule is COC(=O)[C@H]1C[C@]2(C(=O)OC)C[C@@](C(=O)OC)(C[C@@H](C(=O)OC)C2=O)C1=O. The molecule has 10 nitrogen and oxygen atoms in total. The number of esters is 4. The first kappa shape index (κ1) is 20.5. The number of hydrogen-bond donors (Lipinski definition) is 0. The molecule has 4 atom stereocenters. The van der Waals surface area contributed by atoms with Crippen molar-refractivity contribution < 1.29 is 47.7 Å². The van der Waals surface area contributed by atoms with E-state index in [-0.39, 0.29) is 0 Å². The monoisotopic (exact) mass is 384 g/mol. The van der Waals surface area contributed by atoms with E-state index in [1.807, 2.05) is 0 Å². The molecule has 0 amide bonds. The zero-order chi connectivity index (χ0) is 20.6. The fourth-order valence-electron chi connectivity index (χ4n) is 4.15. The summed E-state index contributed by atoms with van der Waals surface area (Å²) in [5.41, 5.74) is -4.10. The summed E-state index contributed by atoms with van der Waals surface area (Å²) in [5.74, 6) is -8.90. The van der Waals surface area contributed by atoms with Gasteiger partial charge in [-0.25, -0.2) is 0 Å². The van der Waals surface area contributed by atoms with Crippen LogP contribution in [-0.4, -0.2) is 63.9 Å². The third-order valence-corrected chi connectivity index (χ3v) is 5.41. The molecule has 0 N–H and O–H groups in total. The lowest BCUT2D eigenvalue weighted by Gasteiger charge is -2.50. The Hall–Kier alpha value is -2.78. The van der Waals surface area contributed by atoms with Crippen LogP contribution < -0.4 is 0 Å². The molecule has 27 heavy (non-hydrogen) atoms. The number of ketones is 2. The topological polar surface area (TPSA) is 139 Å². The number of methoxy groups -OCH3 is 4. The van der Waals surface area contributed by atoms with Crippen molar-refractivity contribution in [3.05, 3.63) is 0 Å². The number of hydrogen-bond acceptors (Lipinski definition) is 10. The van der Waals surface area contributed by atoms with Crippen LogP contribution in [0, 0.1) is 22.7 Å². The molecular formula is C17H20O10. The van der Waals surface area contributed by atoms with Crippen molar-refractivity contribution in [2.75, 3.05) is 28.4 Å². The standard InChI is InChI=1S/C17H20O10/c1-24-12(20)8-5-16(14(22)26-3)7-17(10(8)18,15(23)27-4)6-9(11(16)19)13(21)25-2/h8-9H,5-7H2,1-4H3/t8-,9+,16-,17-/m0/s1. The Morgan fingerprint density at radius 1 is 0.704 bits per heavy atom. The highest BCUT2D eigenvalue weighted by molar-refractivity contribution is 6.21. The summed E-state index contributed by atoms with van der Waals surface area (Å²) in [6.45, 7) is 0. The molecule has 0 saturated heterocycles. The Morgan fingerprint density at radius 3 is 1.30 bits per heavy atom. The lowest BCUT2D eigenvalue weighted by atomic mass is 9.48. The Balaban J connectivity index is 2.75. The summed E-state index contributed by atoms with van der Waals surface area (Å²) in [5, 5.41) is 0. The van der Waals surface area contributed by atoms with Gasteiger partial charge in [0, 0.05) is 0 Å². The van der Waals surface area contributed by atoms with Crippen molar-refractivity contribution in [1.29, 1.82) is 0 Å². The third kappa shape index (κ3) is 2.79. The fraction of sp³-hybridized carbons (Fsp3) is 0.647. The van der Waals surface area contributed by atoms with Gasteiger partial charge in [-0.1, -0.05) is 0 Å². The van der Waals surface area contributed by atoms with E-state index in [0.717, 1.165) is 28.4 Å². The van der Waals surface area contributed by atoms with Gasteiger partial charge in [0.1, 0.15) is 22.7 Å². The van der Waals surface area contributed by atoms with Gasteiger partial charge in [-0.15, -0.1) is 0 Å². The van der Waals surface area contributed by atoms with E-state index in [4.69, 9.17) is 9.47 Å². The minimum atomic E-state index is -2.05. The van der Waals surface area contributed by atoms with Crippen LogP contribution in [0.4, 0.5) is 0 Å². The Bertz CT molecular complexity index is 665. The number of Topliss-reactive ketones (excluding diaryl/α,β-unsaturated/α-hetero) is 2. The molecule has 0 aliphatic heterocycles. The van der Waals surface area contributed by atoms with Crippen molar-refractivity contribution >= 4 is 35.4 Å². The van der Waals surface area contributed by atoms with Gasteiger partial charge < -0.3 is 18.9 Å². The van der Waals surface area contributed by atoms with Gasteiger partial charge in [0.2, 0.25) is 0 Å². The first-order valence-corrected chi connectivity index (χ1v) is 8.06. The van der Waals surface area contributed by atoms with Gasteiger partial charge in [0.15, 0.2) is 11.6 Å². The second-order valence-electron chi connectivity index (χ2n) is 6.61. The van der Waals surface area contributed by atoms with Gasteiger partial charge >= 0.3 is 23.9 Å². The molecule has 2 fully saturated rings.